The summed E-state index contributed by atoms with van der Waals surface area (Å²) in [5.41, 5.74) is 2.98. The van der Waals surface area contributed by atoms with Crippen LogP contribution < -0.4 is 9.79 Å². The third kappa shape index (κ3) is 3.49. The molecule has 0 saturated carbocycles. The summed E-state index contributed by atoms with van der Waals surface area (Å²) in [6.45, 7) is 0. The highest BCUT2D eigenvalue weighted by Gasteiger charge is 2.25. The Balaban J connectivity index is 1.55. The minimum absolute atomic E-state index is 0.177. The molecule has 0 amide bonds. The summed E-state index contributed by atoms with van der Waals surface area (Å²) in [4.78, 5) is 16.1. The molecule has 3 heterocycles. The van der Waals surface area contributed by atoms with E-state index in [1.54, 1.807) is 35.8 Å². The molecule has 0 spiro atoms. The van der Waals surface area contributed by atoms with E-state index >= 15 is 0 Å². The lowest BCUT2D eigenvalue weighted by atomic mass is 10.1. The molecule has 8 nitrogen and oxygen atoms in total. The lowest BCUT2D eigenvalue weighted by Crippen LogP contribution is -2.34. The average molecular weight is 450 g/mol. The van der Waals surface area contributed by atoms with E-state index < -0.39 is 5.95 Å². The number of aldehydes is 1. The van der Waals surface area contributed by atoms with Gasteiger partial charge in [-0.2, -0.15) is 5.10 Å². The molecule has 0 saturated heterocycles. The summed E-state index contributed by atoms with van der Waals surface area (Å²) in [7, 11) is 0. The van der Waals surface area contributed by atoms with E-state index in [1.807, 2.05) is 30.3 Å². The fourth-order valence-corrected chi connectivity index (χ4v) is 3.95. The zero-order chi connectivity index (χ0) is 21.4. The number of rotatable bonds is 5. The van der Waals surface area contributed by atoms with Crippen molar-refractivity contribution in [2.75, 3.05) is 0 Å². The van der Waals surface area contributed by atoms with E-state index in [2.05, 4.69) is 15.4 Å². The molecule has 0 aliphatic heterocycles. The van der Waals surface area contributed by atoms with Crippen molar-refractivity contribution < 1.29 is 19.1 Å². The van der Waals surface area contributed by atoms with Crippen LogP contribution in [-0.4, -0.2) is 26.3 Å². The van der Waals surface area contributed by atoms with Gasteiger partial charge in [0.1, 0.15) is 5.69 Å². The monoisotopic (exact) mass is 449 g/mol. The molecule has 5 rings (SSSR count). The molecule has 0 bridgehead atoms. The first-order valence-electron chi connectivity index (χ1n) is 9.05. The third-order valence-corrected chi connectivity index (χ3v) is 5.61. The number of hydrogen-bond acceptors (Lipinski definition) is 7. The van der Waals surface area contributed by atoms with Gasteiger partial charge >= 0.3 is 0 Å². The zero-order valence-electron chi connectivity index (χ0n) is 15.7. The summed E-state index contributed by atoms with van der Waals surface area (Å²) >= 11 is 7.22. The van der Waals surface area contributed by atoms with Crippen LogP contribution in [0.5, 0.6) is 5.95 Å². The van der Waals surface area contributed by atoms with Gasteiger partial charge in [-0.1, -0.05) is 41.9 Å². The Labute approximate surface area is 184 Å². The molecule has 3 aromatic heterocycles. The van der Waals surface area contributed by atoms with Crippen molar-refractivity contribution >= 4 is 29.2 Å². The Bertz CT molecular complexity index is 1380. The molecule has 0 fully saturated rings. The molecule has 0 unspecified atom stereocenters. The molecule has 0 radical (unpaired) electrons. The Morgan fingerprint density at radius 2 is 1.90 bits per heavy atom. The van der Waals surface area contributed by atoms with Crippen LogP contribution in [0, 0.1) is 0 Å². The second-order valence-electron chi connectivity index (χ2n) is 6.47. The Morgan fingerprint density at radius 1 is 1.13 bits per heavy atom. The summed E-state index contributed by atoms with van der Waals surface area (Å²) < 4.78 is 7.76. The van der Waals surface area contributed by atoms with Gasteiger partial charge in [0.25, 0.3) is 5.69 Å². The lowest BCUT2D eigenvalue weighted by molar-refractivity contribution is -0.660. The quantitative estimate of drug-likeness (QED) is 0.301. The maximum atomic E-state index is 12.3. The van der Waals surface area contributed by atoms with Gasteiger partial charge in [-0.05, 0) is 16.8 Å². The summed E-state index contributed by atoms with van der Waals surface area (Å²) in [6.07, 6.45) is 2.36. The van der Waals surface area contributed by atoms with Crippen molar-refractivity contribution in [3.05, 3.63) is 76.8 Å². The van der Waals surface area contributed by atoms with Crippen LogP contribution >= 0.6 is 22.9 Å². The SMILES string of the molecule is O=Cc1cn(-c2nc(-c3c([O-])on[n+]3-c3ccc(Cl)cc3)cs2)nc1-c1ccccc1. The van der Waals surface area contributed by atoms with E-state index in [1.165, 1.54) is 20.7 Å². The first kappa shape index (κ1) is 19.2. The van der Waals surface area contributed by atoms with Crippen molar-refractivity contribution in [1.29, 1.82) is 0 Å². The zero-order valence-corrected chi connectivity index (χ0v) is 17.2. The fraction of sp³-hybridized carbons (Fsp3) is 0. The van der Waals surface area contributed by atoms with Gasteiger partial charge in [-0.25, -0.2) is 9.67 Å². The maximum absolute atomic E-state index is 12.3. The molecular formula is C21H12ClN5O3S. The number of nitrogens with zero attached hydrogens (tertiary/aromatic N) is 5. The Kier molecular flexibility index (Phi) is 4.81. The number of aromatic nitrogens is 5. The standard InChI is InChI=1S/C21H12ClN5O3S/c22-15-6-8-16(9-7-15)27-19(20(29)30-25-27)17-12-31-21(23-17)26-10-14(11-28)18(24-26)13-4-2-1-3-5-13/h1-12H. The maximum Gasteiger partial charge on any atom is 0.289 e. The van der Waals surface area contributed by atoms with Crippen LogP contribution in [0.1, 0.15) is 10.4 Å². The largest absolute Gasteiger partial charge is 0.539 e. The molecule has 31 heavy (non-hydrogen) atoms. The van der Waals surface area contributed by atoms with Gasteiger partial charge in [0, 0.05) is 34.3 Å². The van der Waals surface area contributed by atoms with Crippen molar-refractivity contribution in [1.82, 2.24) is 20.0 Å². The van der Waals surface area contributed by atoms with E-state index in [-0.39, 0.29) is 5.69 Å². The van der Waals surface area contributed by atoms with Gasteiger partial charge in [-0.15, -0.1) is 11.3 Å². The lowest BCUT2D eigenvalue weighted by Gasteiger charge is -1.97. The number of thiazole rings is 1. The fourth-order valence-electron chi connectivity index (χ4n) is 3.09. The van der Waals surface area contributed by atoms with Crippen molar-refractivity contribution in [2.24, 2.45) is 0 Å². The van der Waals surface area contributed by atoms with Gasteiger partial charge < -0.3 is 9.63 Å². The number of halogens is 1. The van der Waals surface area contributed by atoms with Crippen LogP contribution in [0.3, 0.4) is 0 Å². The highest BCUT2D eigenvalue weighted by atomic mass is 35.5. The normalized spacial score (nSPS) is 11.0. The minimum atomic E-state index is -0.620. The highest BCUT2D eigenvalue weighted by Crippen LogP contribution is 2.29. The molecule has 152 valence electrons. The first-order valence-corrected chi connectivity index (χ1v) is 10.3. The number of hydrogen-bond donors (Lipinski definition) is 0. The van der Waals surface area contributed by atoms with Gasteiger partial charge in [0.15, 0.2) is 17.9 Å². The summed E-state index contributed by atoms with van der Waals surface area (Å²) in [6, 6.07) is 16.2. The number of carbonyl (C=O) groups is 1. The van der Waals surface area contributed by atoms with E-state index in [0.717, 1.165) is 11.8 Å². The molecular weight excluding hydrogens is 438 g/mol. The third-order valence-electron chi connectivity index (χ3n) is 4.53. The van der Waals surface area contributed by atoms with Crippen molar-refractivity contribution in [2.45, 2.75) is 0 Å². The van der Waals surface area contributed by atoms with Crippen LogP contribution in [0.4, 0.5) is 0 Å². The number of carbonyl (C=O) groups excluding carboxylic acids is 1. The van der Waals surface area contributed by atoms with E-state index in [9.17, 15) is 9.90 Å². The minimum Gasteiger partial charge on any atom is -0.539 e. The van der Waals surface area contributed by atoms with Gasteiger partial charge in [0.2, 0.25) is 10.8 Å². The molecule has 0 aliphatic rings. The average Bonchev–Trinajstić information content (AvgIpc) is 3.52. The van der Waals surface area contributed by atoms with Crippen LogP contribution in [-0.2, 0) is 0 Å². The molecule has 0 aliphatic carbocycles. The van der Waals surface area contributed by atoms with Gasteiger partial charge in [-0.3, -0.25) is 4.79 Å². The van der Waals surface area contributed by atoms with Crippen LogP contribution in [0.2, 0.25) is 5.02 Å². The predicted molar refractivity (Wildman–Crippen MR) is 112 cm³/mol. The number of benzene rings is 2. The molecule has 5 aromatic rings. The van der Waals surface area contributed by atoms with Crippen LogP contribution in [0.25, 0.3) is 33.5 Å². The predicted octanol–water partition coefficient (Wildman–Crippen LogP) is 3.47. The Morgan fingerprint density at radius 3 is 2.65 bits per heavy atom. The molecule has 0 atom stereocenters. The summed E-state index contributed by atoms with van der Waals surface area (Å²) in [5, 5.41) is 23.4. The second kappa shape index (κ2) is 7.78. The van der Waals surface area contributed by atoms with Crippen molar-refractivity contribution in [3.63, 3.8) is 0 Å². The first-order chi connectivity index (χ1) is 15.1. The van der Waals surface area contributed by atoms with E-state index in [4.69, 9.17) is 16.1 Å². The Hall–Kier alpha value is -3.82. The molecule has 10 heteroatoms. The molecule has 2 aromatic carbocycles. The topological polar surface area (TPSA) is 101 Å². The molecule has 0 N–H and O–H groups in total. The second-order valence-corrected chi connectivity index (χ2v) is 7.75. The summed E-state index contributed by atoms with van der Waals surface area (Å²) in [5.74, 6) is -0.620. The van der Waals surface area contributed by atoms with Crippen LogP contribution in [0.15, 0.2) is 70.7 Å². The van der Waals surface area contributed by atoms with Crippen molar-refractivity contribution in [3.8, 4) is 39.4 Å². The highest BCUT2D eigenvalue weighted by molar-refractivity contribution is 7.12. The van der Waals surface area contributed by atoms with E-state index in [0.29, 0.717) is 32.8 Å². The van der Waals surface area contributed by atoms with Gasteiger partial charge in [0.05, 0.1) is 10.8 Å². The smallest absolute Gasteiger partial charge is 0.289 e.